The van der Waals surface area contributed by atoms with E-state index in [1.54, 1.807) is 12.4 Å². The predicted octanol–water partition coefficient (Wildman–Crippen LogP) is 2.23. The maximum Gasteiger partial charge on any atom is 0.124 e. The summed E-state index contributed by atoms with van der Waals surface area (Å²) in [5.74, 6) is 6.57. The van der Waals surface area contributed by atoms with Crippen LogP contribution < -0.4 is 16.0 Å². The molecule has 1 atom stereocenters. The molecule has 1 aromatic carbocycles. The lowest BCUT2D eigenvalue weighted by Gasteiger charge is -2.19. The van der Waals surface area contributed by atoms with Gasteiger partial charge >= 0.3 is 0 Å². The molecule has 1 heterocycles. The van der Waals surface area contributed by atoms with Crippen molar-refractivity contribution in [3.05, 3.63) is 59.9 Å². The van der Waals surface area contributed by atoms with Crippen LogP contribution in [-0.4, -0.2) is 11.6 Å². The molecule has 2 aromatic rings. The van der Waals surface area contributed by atoms with Crippen LogP contribution in [-0.2, 0) is 6.42 Å². The molecule has 1 aromatic heterocycles. The normalized spacial score (nSPS) is 12.1. The summed E-state index contributed by atoms with van der Waals surface area (Å²) < 4.78 is 5.65. The van der Waals surface area contributed by atoms with Gasteiger partial charge in [-0.2, -0.15) is 0 Å². The maximum absolute atomic E-state index is 5.70. The Morgan fingerprint density at radius 3 is 2.63 bits per heavy atom. The third kappa shape index (κ3) is 3.53. The number of nitrogens with two attached hydrogens (primary N) is 1. The van der Waals surface area contributed by atoms with Crippen LogP contribution in [0.2, 0.25) is 0 Å². The van der Waals surface area contributed by atoms with Gasteiger partial charge < -0.3 is 4.74 Å². The Morgan fingerprint density at radius 2 is 1.95 bits per heavy atom. The highest BCUT2D eigenvalue weighted by atomic mass is 16.5. The molecule has 0 saturated heterocycles. The number of hydrogen-bond acceptors (Lipinski definition) is 4. The van der Waals surface area contributed by atoms with Gasteiger partial charge in [0.1, 0.15) is 5.75 Å². The number of benzene rings is 1. The largest absolute Gasteiger partial charge is 0.494 e. The first-order chi connectivity index (χ1) is 9.35. The van der Waals surface area contributed by atoms with Gasteiger partial charge in [0.2, 0.25) is 0 Å². The Labute approximate surface area is 113 Å². The number of ether oxygens (including phenoxy) is 1. The topological polar surface area (TPSA) is 60.2 Å². The summed E-state index contributed by atoms with van der Waals surface area (Å²) in [4.78, 5) is 4.02. The van der Waals surface area contributed by atoms with Crippen molar-refractivity contribution in [3.63, 3.8) is 0 Å². The average Bonchev–Trinajstić information content (AvgIpc) is 2.47. The molecule has 0 saturated carbocycles. The molecule has 3 N–H and O–H groups in total. The lowest BCUT2D eigenvalue weighted by molar-refractivity contribution is 0.331. The highest BCUT2D eigenvalue weighted by Crippen LogP contribution is 2.27. The fourth-order valence-corrected chi connectivity index (χ4v) is 2.07. The van der Waals surface area contributed by atoms with Gasteiger partial charge in [0.25, 0.3) is 0 Å². The van der Waals surface area contributed by atoms with E-state index >= 15 is 0 Å². The minimum Gasteiger partial charge on any atom is -0.494 e. The smallest absolute Gasteiger partial charge is 0.124 e. The van der Waals surface area contributed by atoms with Gasteiger partial charge in [-0.25, -0.2) is 0 Å². The number of hydrogen-bond donors (Lipinski definition) is 2. The molecular formula is C15H19N3O. The Balaban J connectivity index is 2.22. The second kappa shape index (κ2) is 6.87. The van der Waals surface area contributed by atoms with E-state index in [-0.39, 0.29) is 6.04 Å². The lowest BCUT2D eigenvalue weighted by atomic mass is 9.99. The molecule has 0 aliphatic heterocycles. The van der Waals surface area contributed by atoms with Crippen LogP contribution in [0.3, 0.4) is 0 Å². The van der Waals surface area contributed by atoms with Crippen molar-refractivity contribution in [3.8, 4) is 5.75 Å². The molecule has 0 fully saturated rings. The van der Waals surface area contributed by atoms with Crippen LogP contribution in [0.15, 0.2) is 48.8 Å². The van der Waals surface area contributed by atoms with E-state index in [0.29, 0.717) is 6.61 Å². The van der Waals surface area contributed by atoms with E-state index < -0.39 is 0 Å². The van der Waals surface area contributed by atoms with E-state index in [1.807, 2.05) is 43.3 Å². The van der Waals surface area contributed by atoms with Gasteiger partial charge in [0.05, 0.1) is 12.6 Å². The zero-order valence-corrected chi connectivity index (χ0v) is 11.0. The second-order valence-electron chi connectivity index (χ2n) is 4.25. The Hall–Kier alpha value is -1.91. The molecule has 4 nitrogen and oxygen atoms in total. The quantitative estimate of drug-likeness (QED) is 0.615. The molecule has 2 rings (SSSR count). The van der Waals surface area contributed by atoms with Crippen molar-refractivity contribution in [2.75, 3.05) is 6.61 Å². The number of aromatic nitrogens is 1. The van der Waals surface area contributed by atoms with Crippen LogP contribution in [0.25, 0.3) is 0 Å². The van der Waals surface area contributed by atoms with E-state index in [0.717, 1.165) is 17.7 Å². The molecule has 0 aliphatic rings. The highest BCUT2D eigenvalue weighted by molar-refractivity contribution is 5.36. The van der Waals surface area contributed by atoms with Gasteiger partial charge in [-0.15, -0.1) is 0 Å². The van der Waals surface area contributed by atoms with Gasteiger partial charge in [-0.05, 0) is 37.1 Å². The summed E-state index contributed by atoms with van der Waals surface area (Å²) >= 11 is 0. The molecule has 0 radical (unpaired) electrons. The van der Waals surface area contributed by atoms with Crippen LogP contribution in [0, 0.1) is 0 Å². The Kier molecular flexibility index (Phi) is 4.89. The third-order valence-electron chi connectivity index (χ3n) is 2.98. The van der Waals surface area contributed by atoms with Crippen LogP contribution >= 0.6 is 0 Å². The van der Waals surface area contributed by atoms with Gasteiger partial charge in [0, 0.05) is 18.0 Å². The first kappa shape index (κ1) is 13.5. The number of para-hydroxylation sites is 1. The summed E-state index contributed by atoms with van der Waals surface area (Å²) in [6.07, 6.45) is 4.37. The summed E-state index contributed by atoms with van der Waals surface area (Å²) in [5.41, 5.74) is 5.12. The standard InChI is InChI=1S/C15H19N3O/c1-2-19-15-6-4-3-5-13(15)14(18-16)11-12-7-9-17-10-8-12/h3-10,14,18H,2,11,16H2,1H3. The monoisotopic (exact) mass is 257 g/mol. The van der Waals surface area contributed by atoms with Crippen molar-refractivity contribution in [2.24, 2.45) is 5.84 Å². The number of nitrogens with zero attached hydrogens (tertiary/aromatic N) is 1. The van der Waals surface area contributed by atoms with Crippen molar-refractivity contribution in [2.45, 2.75) is 19.4 Å². The molecule has 0 bridgehead atoms. The molecule has 0 amide bonds. The molecule has 1 unspecified atom stereocenters. The molecular weight excluding hydrogens is 238 g/mol. The minimum absolute atomic E-state index is 0.0187. The summed E-state index contributed by atoms with van der Waals surface area (Å²) in [7, 11) is 0. The highest BCUT2D eigenvalue weighted by Gasteiger charge is 2.15. The van der Waals surface area contributed by atoms with Gasteiger partial charge in [-0.3, -0.25) is 16.3 Å². The fraction of sp³-hybridized carbons (Fsp3) is 0.267. The van der Waals surface area contributed by atoms with E-state index in [9.17, 15) is 0 Å². The van der Waals surface area contributed by atoms with Crippen LogP contribution in [0.5, 0.6) is 5.75 Å². The van der Waals surface area contributed by atoms with Crippen molar-refractivity contribution < 1.29 is 4.74 Å². The van der Waals surface area contributed by atoms with Gasteiger partial charge in [0.15, 0.2) is 0 Å². The maximum atomic E-state index is 5.70. The minimum atomic E-state index is 0.0187. The Morgan fingerprint density at radius 1 is 1.21 bits per heavy atom. The van der Waals surface area contributed by atoms with E-state index in [1.165, 1.54) is 5.56 Å². The summed E-state index contributed by atoms with van der Waals surface area (Å²) in [6.45, 7) is 2.62. The molecule has 0 spiro atoms. The van der Waals surface area contributed by atoms with E-state index in [4.69, 9.17) is 10.6 Å². The summed E-state index contributed by atoms with van der Waals surface area (Å²) in [6, 6.07) is 12.0. The first-order valence-electron chi connectivity index (χ1n) is 6.42. The van der Waals surface area contributed by atoms with Crippen molar-refractivity contribution in [1.82, 2.24) is 10.4 Å². The Bertz CT molecular complexity index is 502. The second-order valence-corrected chi connectivity index (χ2v) is 4.25. The molecule has 4 heteroatoms. The van der Waals surface area contributed by atoms with Crippen molar-refractivity contribution in [1.29, 1.82) is 0 Å². The first-order valence-corrected chi connectivity index (χ1v) is 6.42. The van der Waals surface area contributed by atoms with Crippen LogP contribution in [0.4, 0.5) is 0 Å². The predicted molar refractivity (Wildman–Crippen MR) is 75.6 cm³/mol. The van der Waals surface area contributed by atoms with Gasteiger partial charge in [-0.1, -0.05) is 18.2 Å². The molecule has 0 aliphatic carbocycles. The zero-order chi connectivity index (χ0) is 13.5. The third-order valence-corrected chi connectivity index (χ3v) is 2.98. The number of rotatable bonds is 6. The average molecular weight is 257 g/mol. The van der Waals surface area contributed by atoms with E-state index in [2.05, 4.69) is 10.4 Å². The summed E-state index contributed by atoms with van der Waals surface area (Å²) in [5, 5.41) is 0. The lowest BCUT2D eigenvalue weighted by Crippen LogP contribution is -2.30. The zero-order valence-electron chi connectivity index (χ0n) is 11.0. The SMILES string of the molecule is CCOc1ccccc1C(Cc1ccncc1)NN. The van der Waals surface area contributed by atoms with Crippen molar-refractivity contribution >= 4 is 0 Å². The number of nitrogens with one attached hydrogen (secondary N) is 1. The molecule has 19 heavy (non-hydrogen) atoms. The number of pyridine rings is 1. The number of hydrazine groups is 1. The molecule has 100 valence electrons. The fourth-order valence-electron chi connectivity index (χ4n) is 2.07. The van der Waals surface area contributed by atoms with Crippen LogP contribution in [0.1, 0.15) is 24.1 Å².